The number of aromatic nitrogens is 2. The van der Waals surface area contributed by atoms with Crippen LogP contribution < -0.4 is 5.32 Å². The van der Waals surface area contributed by atoms with Crippen molar-refractivity contribution >= 4 is 22.9 Å². The molecule has 1 amide bonds. The first-order valence-electron chi connectivity index (χ1n) is 8.25. The van der Waals surface area contributed by atoms with E-state index in [0.29, 0.717) is 16.9 Å². The Morgan fingerprint density at radius 1 is 1.04 bits per heavy atom. The molecular weight excluding hydrogens is 356 g/mol. The number of para-hydroxylation sites is 1. The number of rotatable bonds is 4. The first-order valence-corrected chi connectivity index (χ1v) is 9.13. The van der Waals surface area contributed by atoms with E-state index in [-0.39, 0.29) is 5.91 Å². The number of carbonyl (C=O) groups excluding carboxylic acids is 1. The van der Waals surface area contributed by atoms with Gasteiger partial charge in [-0.3, -0.25) is 4.79 Å². The molecule has 0 radical (unpaired) electrons. The van der Waals surface area contributed by atoms with Gasteiger partial charge < -0.3 is 5.32 Å². The second-order valence-corrected chi connectivity index (χ2v) is 6.73. The summed E-state index contributed by atoms with van der Waals surface area (Å²) in [6.45, 7) is 0. The summed E-state index contributed by atoms with van der Waals surface area (Å²) < 4.78 is 1.64. The van der Waals surface area contributed by atoms with Crippen LogP contribution >= 0.6 is 11.3 Å². The van der Waals surface area contributed by atoms with E-state index in [1.54, 1.807) is 46.4 Å². The Kier molecular flexibility index (Phi) is 4.52. The number of thiophene rings is 1. The smallest absolute Gasteiger partial charge is 0.274 e. The zero-order chi connectivity index (χ0) is 18.6. The maximum absolute atomic E-state index is 12.9. The average molecular weight is 370 g/mol. The third-order valence-electron chi connectivity index (χ3n) is 3.97. The molecule has 2 heterocycles. The Hall–Kier alpha value is -3.69. The molecule has 0 spiro atoms. The van der Waals surface area contributed by atoms with Crippen molar-refractivity contribution in [3.05, 3.63) is 89.4 Å². The Morgan fingerprint density at radius 2 is 1.89 bits per heavy atom. The molecule has 0 fully saturated rings. The van der Waals surface area contributed by atoms with Gasteiger partial charge in [-0.1, -0.05) is 30.3 Å². The molecule has 6 heteroatoms. The van der Waals surface area contributed by atoms with E-state index in [0.717, 1.165) is 16.3 Å². The van der Waals surface area contributed by atoms with Gasteiger partial charge in [0.2, 0.25) is 0 Å². The summed E-state index contributed by atoms with van der Waals surface area (Å²) in [5.41, 5.74) is 3.02. The zero-order valence-electron chi connectivity index (χ0n) is 14.2. The highest BCUT2D eigenvalue weighted by Gasteiger charge is 2.18. The summed E-state index contributed by atoms with van der Waals surface area (Å²) in [6.07, 6.45) is 0. The normalized spacial score (nSPS) is 10.3. The van der Waals surface area contributed by atoms with Crippen molar-refractivity contribution in [1.82, 2.24) is 9.78 Å². The third kappa shape index (κ3) is 3.50. The Balaban J connectivity index is 1.74. The molecule has 0 unspecified atom stereocenters. The van der Waals surface area contributed by atoms with Crippen molar-refractivity contribution in [2.75, 3.05) is 5.32 Å². The van der Waals surface area contributed by atoms with Gasteiger partial charge in [0.25, 0.3) is 5.91 Å². The van der Waals surface area contributed by atoms with E-state index in [2.05, 4.69) is 16.5 Å². The van der Waals surface area contributed by atoms with Gasteiger partial charge in [-0.2, -0.15) is 10.4 Å². The summed E-state index contributed by atoms with van der Waals surface area (Å²) >= 11 is 1.57. The summed E-state index contributed by atoms with van der Waals surface area (Å²) in [5, 5.41) is 18.5. The van der Waals surface area contributed by atoms with Crippen LogP contribution in [0.2, 0.25) is 0 Å². The molecule has 0 aliphatic rings. The van der Waals surface area contributed by atoms with Crippen LogP contribution in [0, 0.1) is 11.3 Å². The summed E-state index contributed by atoms with van der Waals surface area (Å²) in [5.74, 6) is -0.288. The van der Waals surface area contributed by atoms with E-state index < -0.39 is 0 Å². The molecule has 4 aromatic rings. The Morgan fingerprint density at radius 3 is 2.63 bits per heavy atom. The molecule has 130 valence electrons. The van der Waals surface area contributed by atoms with Crippen LogP contribution in [0.5, 0.6) is 0 Å². The number of anilines is 1. The molecular formula is C21H14N4OS. The van der Waals surface area contributed by atoms with Gasteiger partial charge in [-0.15, -0.1) is 11.3 Å². The fourth-order valence-corrected chi connectivity index (χ4v) is 3.40. The molecule has 0 atom stereocenters. The average Bonchev–Trinajstić information content (AvgIpc) is 3.38. The highest BCUT2D eigenvalue weighted by molar-refractivity contribution is 7.13. The molecule has 0 bridgehead atoms. The van der Waals surface area contributed by atoms with E-state index in [1.807, 2.05) is 47.8 Å². The lowest BCUT2D eigenvalue weighted by atomic mass is 10.2. The number of benzene rings is 2. The minimum absolute atomic E-state index is 0.288. The van der Waals surface area contributed by atoms with E-state index in [1.165, 1.54) is 0 Å². The molecule has 1 N–H and O–H groups in total. The SMILES string of the molecule is N#Cc1cccc(NC(=O)c2cc(-c3cccs3)nn2-c2ccccc2)c1. The van der Waals surface area contributed by atoms with E-state index in [4.69, 9.17) is 5.26 Å². The van der Waals surface area contributed by atoms with Gasteiger partial charge in [-0.25, -0.2) is 4.68 Å². The monoisotopic (exact) mass is 370 g/mol. The number of nitrogens with zero attached hydrogens (tertiary/aromatic N) is 3. The lowest BCUT2D eigenvalue weighted by molar-refractivity contribution is 0.101. The predicted octanol–water partition coefficient (Wildman–Crippen LogP) is 4.72. The first-order chi connectivity index (χ1) is 13.2. The van der Waals surface area contributed by atoms with E-state index >= 15 is 0 Å². The van der Waals surface area contributed by atoms with Crippen LogP contribution in [-0.4, -0.2) is 15.7 Å². The highest BCUT2D eigenvalue weighted by Crippen LogP contribution is 2.26. The van der Waals surface area contributed by atoms with Crippen LogP contribution in [0.25, 0.3) is 16.3 Å². The fourth-order valence-electron chi connectivity index (χ4n) is 2.72. The van der Waals surface area contributed by atoms with Crippen molar-refractivity contribution in [1.29, 1.82) is 5.26 Å². The molecule has 0 aliphatic heterocycles. The summed E-state index contributed by atoms with van der Waals surface area (Å²) in [7, 11) is 0. The standard InChI is InChI=1S/C21H14N4OS/c22-14-15-6-4-7-16(12-15)23-21(26)19-13-18(20-10-5-11-27-20)24-25(19)17-8-2-1-3-9-17/h1-13H,(H,23,26). The molecule has 0 saturated carbocycles. The van der Waals surface area contributed by atoms with Crippen LogP contribution in [0.4, 0.5) is 5.69 Å². The van der Waals surface area contributed by atoms with Crippen LogP contribution in [0.1, 0.15) is 16.1 Å². The third-order valence-corrected chi connectivity index (χ3v) is 4.86. The van der Waals surface area contributed by atoms with Crippen molar-refractivity contribution in [3.8, 4) is 22.3 Å². The van der Waals surface area contributed by atoms with Gasteiger partial charge in [0.1, 0.15) is 11.4 Å². The lowest BCUT2D eigenvalue weighted by Gasteiger charge is -2.08. The van der Waals surface area contributed by atoms with Crippen molar-refractivity contribution in [2.24, 2.45) is 0 Å². The Labute approximate surface area is 160 Å². The second-order valence-electron chi connectivity index (χ2n) is 5.79. The fraction of sp³-hybridized carbons (Fsp3) is 0. The number of hydrogen-bond acceptors (Lipinski definition) is 4. The predicted molar refractivity (Wildman–Crippen MR) is 106 cm³/mol. The zero-order valence-corrected chi connectivity index (χ0v) is 15.0. The molecule has 4 rings (SSSR count). The molecule has 0 aliphatic carbocycles. The number of nitriles is 1. The van der Waals surface area contributed by atoms with Crippen molar-refractivity contribution in [3.63, 3.8) is 0 Å². The summed E-state index contributed by atoms with van der Waals surface area (Å²) in [6, 6.07) is 24.1. The quantitative estimate of drug-likeness (QED) is 0.565. The second kappa shape index (κ2) is 7.28. The van der Waals surface area contributed by atoms with Gasteiger partial charge in [-0.05, 0) is 47.8 Å². The first kappa shape index (κ1) is 16.8. The van der Waals surface area contributed by atoms with Crippen molar-refractivity contribution < 1.29 is 4.79 Å². The maximum Gasteiger partial charge on any atom is 0.274 e. The molecule has 5 nitrogen and oxygen atoms in total. The molecule has 2 aromatic heterocycles. The van der Waals surface area contributed by atoms with Gasteiger partial charge in [0, 0.05) is 5.69 Å². The maximum atomic E-state index is 12.9. The van der Waals surface area contributed by atoms with Gasteiger partial charge >= 0.3 is 0 Å². The number of carbonyl (C=O) groups is 1. The number of hydrogen-bond donors (Lipinski definition) is 1. The van der Waals surface area contributed by atoms with Crippen LogP contribution in [0.3, 0.4) is 0 Å². The number of nitrogens with one attached hydrogen (secondary N) is 1. The van der Waals surface area contributed by atoms with E-state index in [9.17, 15) is 4.79 Å². The largest absolute Gasteiger partial charge is 0.321 e. The Bertz CT molecular complexity index is 1120. The minimum atomic E-state index is -0.288. The van der Waals surface area contributed by atoms with Crippen LogP contribution in [0.15, 0.2) is 78.2 Å². The van der Waals surface area contributed by atoms with Crippen molar-refractivity contribution in [2.45, 2.75) is 0 Å². The molecule has 27 heavy (non-hydrogen) atoms. The summed E-state index contributed by atoms with van der Waals surface area (Å²) in [4.78, 5) is 13.9. The molecule has 2 aromatic carbocycles. The van der Waals surface area contributed by atoms with Crippen LogP contribution in [-0.2, 0) is 0 Å². The van der Waals surface area contributed by atoms with Gasteiger partial charge in [0.15, 0.2) is 0 Å². The highest BCUT2D eigenvalue weighted by atomic mass is 32.1. The van der Waals surface area contributed by atoms with Gasteiger partial charge in [0.05, 0.1) is 22.2 Å². The lowest BCUT2D eigenvalue weighted by Crippen LogP contribution is -2.17. The molecule has 0 saturated heterocycles. The topological polar surface area (TPSA) is 70.7 Å². The number of amides is 1. The minimum Gasteiger partial charge on any atom is -0.321 e.